The van der Waals surface area contributed by atoms with Gasteiger partial charge in [0.2, 0.25) is 5.91 Å². The lowest BCUT2D eigenvalue weighted by atomic mass is 10.1. The monoisotopic (exact) mass is 314 g/mol. The van der Waals surface area contributed by atoms with Gasteiger partial charge in [0.1, 0.15) is 5.75 Å². The largest absolute Gasteiger partial charge is 0.497 e. The standard InChI is InChI=1S/C16H26N2O2.ClH/c1-5-18(16(19)10-7-11-17-3)13(2)14-8-6-9-15(12-14)20-4;/h6,8-9,12-13,17H,5,7,10-11H2,1-4H3;1H. The van der Waals surface area contributed by atoms with E-state index < -0.39 is 0 Å². The minimum Gasteiger partial charge on any atom is -0.497 e. The maximum atomic E-state index is 12.3. The number of hydrogen-bond acceptors (Lipinski definition) is 3. The lowest BCUT2D eigenvalue weighted by Gasteiger charge is -2.28. The van der Waals surface area contributed by atoms with Crippen LogP contribution in [0.1, 0.15) is 38.3 Å². The molecule has 0 saturated heterocycles. The molecule has 1 aromatic rings. The van der Waals surface area contributed by atoms with Gasteiger partial charge in [0.05, 0.1) is 13.2 Å². The Bertz CT molecular complexity index is 426. The number of amides is 1. The Morgan fingerprint density at radius 1 is 1.43 bits per heavy atom. The van der Waals surface area contributed by atoms with Gasteiger partial charge in [-0.2, -0.15) is 0 Å². The summed E-state index contributed by atoms with van der Waals surface area (Å²) >= 11 is 0. The van der Waals surface area contributed by atoms with E-state index in [0.29, 0.717) is 6.42 Å². The molecule has 0 aliphatic carbocycles. The Morgan fingerprint density at radius 3 is 2.71 bits per heavy atom. The highest BCUT2D eigenvalue weighted by molar-refractivity contribution is 5.85. The van der Waals surface area contributed by atoms with E-state index in [-0.39, 0.29) is 24.4 Å². The van der Waals surface area contributed by atoms with Gasteiger partial charge in [-0.05, 0) is 51.6 Å². The summed E-state index contributed by atoms with van der Waals surface area (Å²) in [6.07, 6.45) is 1.46. The first-order valence-electron chi connectivity index (χ1n) is 7.22. The van der Waals surface area contributed by atoms with Crippen LogP contribution in [0.5, 0.6) is 5.75 Å². The number of methoxy groups -OCH3 is 1. The SMILES string of the molecule is CCN(C(=O)CCCNC)C(C)c1cccc(OC)c1.Cl. The number of benzene rings is 1. The van der Waals surface area contributed by atoms with Gasteiger partial charge in [0, 0.05) is 13.0 Å². The van der Waals surface area contributed by atoms with Gasteiger partial charge in [-0.3, -0.25) is 4.79 Å². The molecule has 4 nitrogen and oxygen atoms in total. The fraction of sp³-hybridized carbons (Fsp3) is 0.562. The van der Waals surface area contributed by atoms with Gasteiger partial charge >= 0.3 is 0 Å². The minimum atomic E-state index is 0. The van der Waals surface area contributed by atoms with Crippen molar-refractivity contribution in [2.75, 3.05) is 27.2 Å². The van der Waals surface area contributed by atoms with Crippen LogP contribution in [0.4, 0.5) is 0 Å². The molecule has 0 fully saturated rings. The third kappa shape index (κ3) is 5.94. The fourth-order valence-corrected chi connectivity index (χ4v) is 2.31. The van der Waals surface area contributed by atoms with Gasteiger partial charge < -0.3 is 15.0 Å². The van der Waals surface area contributed by atoms with Crippen LogP contribution < -0.4 is 10.1 Å². The second kappa shape index (κ2) is 10.5. The van der Waals surface area contributed by atoms with E-state index in [0.717, 1.165) is 30.8 Å². The summed E-state index contributed by atoms with van der Waals surface area (Å²) in [4.78, 5) is 14.2. The second-order valence-electron chi connectivity index (χ2n) is 4.84. The Kier molecular flexibility index (Phi) is 9.84. The highest BCUT2D eigenvalue weighted by atomic mass is 35.5. The summed E-state index contributed by atoms with van der Waals surface area (Å²) < 4.78 is 5.25. The van der Waals surface area contributed by atoms with Crippen LogP contribution in [0, 0.1) is 0 Å². The Morgan fingerprint density at radius 2 is 2.14 bits per heavy atom. The Hall–Kier alpha value is -1.26. The Labute approximate surface area is 134 Å². The zero-order valence-corrected chi connectivity index (χ0v) is 14.2. The topological polar surface area (TPSA) is 41.6 Å². The lowest BCUT2D eigenvalue weighted by Crippen LogP contribution is -2.33. The van der Waals surface area contributed by atoms with E-state index in [1.807, 2.05) is 43.1 Å². The normalized spacial score (nSPS) is 11.4. The van der Waals surface area contributed by atoms with Crippen LogP contribution in [0.15, 0.2) is 24.3 Å². The van der Waals surface area contributed by atoms with Crippen LogP contribution in [0.2, 0.25) is 0 Å². The Balaban J connectivity index is 0.00000400. The second-order valence-corrected chi connectivity index (χ2v) is 4.84. The number of carbonyl (C=O) groups excluding carboxylic acids is 1. The van der Waals surface area contributed by atoms with E-state index in [1.165, 1.54) is 0 Å². The van der Waals surface area contributed by atoms with Crippen LogP contribution >= 0.6 is 12.4 Å². The van der Waals surface area contributed by atoms with Crippen LogP contribution in [-0.4, -0.2) is 38.1 Å². The van der Waals surface area contributed by atoms with Gasteiger partial charge in [-0.1, -0.05) is 12.1 Å². The number of halogens is 1. The van der Waals surface area contributed by atoms with Crippen molar-refractivity contribution in [2.45, 2.75) is 32.7 Å². The molecular weight excluding hydrogens is 288 g/mol. The lowest BCUT2D eigenvalue weighted by molar-refractivity contribution is -0.133. The highest BCUT2D eigenvalue weighted by Crippen LogP contribution is 2.24. The summed E-state index contributed by atoms with van der Waals surface area (Å²) in [6, 6.07) is 7.98. The molecule has 0 saturated carbocycles. The third-order valence-corrected chi connectivity index (χ3v) is 3.52. The number of hydrogen-bond donors (Lipinski definition) is 1. The van der Waals surface area contributed by atoms with Crippen LogP contribution in [-0.2, 0) is 4.79 Å². The molecule has 120 valence electrons. The summed E-state index contributed by atoms with van der Waals surface area (Å²) in [5, 5.41) is 3.07. The molecule has 0 bridgehead atoms. The van der Waals surface area contributed by atoms with E-state index in [4.69, 9.17) is 4.74 Å². The maximum absolute atomic E-state index is 12.3. The van der Waals surface area contributed by atoms with E-state index in [9.17, 15) is 4.79 Å². The van der Waals surface area contributed by atoms with Crippen LogP contribution in [0.3, 0.4) is 0 Å². The molecular formula is C16H27ClN2O2. The number of carbonyl (C=O) groups is 1. The molecule has 21 heavy (non-hydrogen) atoms. The third-order valence-electron chi connectivity index (χ3n) is 3.52. The van der Waals surface area contributed by atoms with Crippen molar-refractivity contribution in [1.29, 1.82) is 0 Å². The number of nitrogens with one attached hydrogen (secondary N) is 1. The molecule has 1 atom stereocenters. The van der Waals surface area contributed by atoms with Crippen molar-refractivity contribution in [3.05, 3.63) is 29.8 Å². The molecule has 0 aromatic heterocycles. The van der Waals surface area contributed by atoms with Gasteiger partial charge in [-0.25, -0.2) is 0 Å². The van der Waals surface area contributed by atoms with Gasteiger partial charge in [0.15, 0.2) is 0 Å². The number of rotatable bonds is 8. The maximum Gasteiger partial charge on any atom is 0.223 e. The molecule has 1 amide bonds. The van der Waals surface area contributed by atoms with E-state index >= 15 is 0 Å². The minimum absolute atomic E-state index is 0. The number of nitrogens with zero attached hydrogens (tertiary/aromatic N) is 1. The fourth-order valence-electron chi connectivity index (χ4n) is 2.31. The molecule has 0 heterocycles. The summed E-state index contributed by atoms with van der Waals surface area (Å²) in [5.41, 5.74) is 1.10. The zero-order valence-electron chi connectivity index (χ0n) is 13.4. The van der Waals surface area contributed by atoms with Gasteiger partial charge in [-0.15, -0.1) is 12.4 Å². The first kappa shape index (κ1) is 19.7. The predicted octanol–water partition coefficient (Wildman–Crippen LogP) is 3.03. The smallest absolute Gasteiger partial charge is 0.223 e. The first-order chi connectivity index (χ1) is 9.63. The number of ether oxygens (including phenoxy) is 1. The van der Waals surface area contributed by atoms with Crippen molar-refractivity contribution >= 4 is 18.3 Å². The highest BCUT2D eigenvalue weighted by Gasteiger charge is 2.19. The first-order valence-corrected chi connectivity index (χ1v) is 7.22. The quantitative estimate of drug-likeness (QED) is 0.750. The molecule has 1 aromatic carbocycles. The van der Waals surface area contributed by atoms with E-state index in [2.05, 4.69) is 12.2 Å². The molecule has 0 spiro atoms. The summed E-state index contributed by atoms with van der Waals surface area (Å²) in [7, 11) is 3.56. The van der Waals surface area contributed by atoms with Crippen LogP contribution in [0.25, 0.3) is 0 Å². The molecule has 1 N–H and O–H groups in total. The molecule has 0 aliphatic heterocycles. The van der Waals surface area contributed by atoms with Gasteiger partial charge in [0.25, 0.3) is 0 Å². The summed E-state index contributed by atoms with van der Waals surface area (Å²) in [5.74, 6) is 1.03. The summed E-state index contributed by atoms with van der Waals surface area (Å²) in [6.45, 7) is 5.68. The zero-order chi connectivity index (χ0) is 15.0. The van der Waals surface area contributed by atoms with Crippen molar-refractivity contribution < 1.29 is 9.53 Å². The van der Waals surface area contributed by atoms with E-state index in [1.54, 1.807) is 7.11 Å². The van der Waals surface area contributed by atoms with Crippen molar-refractivity contribution in [3.63, 3.8) is 0 Å². The molecule has 5 heteroatoms. The van der Waals surface area contributed by atoms with Crippen molar-refractivity contribution in [3.8, 4) is 5.75 Å². The van der Waals surface area contributed by atoms with Crippen molar-refractivity contribution in [1.82, 2.24) is 10.2 Å². The predicted molar refractivity (Wildman–Crippen MR) is 89.2 cm³/mol. The van der Waals surface area contributed by atoms with Crippen molar-refractivity contribution in [2.24, 2.45) is 0 Å². The molecule has 1 unspecified atom stereocenters. The average molecular weight is 315 g/mol. The average Bonchev–Trinajstić information content (AvgIpc) is 2.48. The molecule has 0 aliphatic rings. The molecule has 1 rings (SSSR count). The molecule has 0 radical (unpaired) electrons.